The topological polar surface area (TPSA) is 12.0 Å². The maximum atomic E-state index is 14.1. The second-order valence-electron chi connectivity index (χ2n) is 6.22. The zero-order valence-electron chi connectivity index (χ0n) is 12.8. The Morgan fingerprint density at radius 1 is 1.16 bits per heavy atom. The second kappa shape index (κ2) is 6.00. The van der Waals surface area contributed by atoms with E-state index in [1.165, 1.54) is 0 Å². The third-order valence-corrected chi connectivity index (χ3v) is 3.78. The van der Waals surface area contributed by atoms with E-state index in [9.17, 15) is 8.78 Å². The van der Waals surface area contributed by atoms with Crippen molar-refractivity contribution in [3.05, 3.63) is 34.9 Å². The predicted octanol–water partition coefficient (Wildman–Crippen LogP) is 4.75. The molecule has 0 heterocycles. The molecule has 19 heavy (non-hydrogen) atoms. The Morgan fingerprint density at radius 3 is 2.21 bits per heavy atom. The first-order valence-corrected chi connectivity index (χ1v) is 6.90. The van der Waals surface area contributed by atoms with Gasteiger partial charge in [-0.3, -0.25) is 0 Å². The minimum absolute atomic E-state index is 0.102. The molecule has 0 saturated heterocycles. The van der Waals surface area contributed by atoms with Crippen LogP contribution >= 0.6 is 0 Å². The van der Waals surface area contributed by atoms with Gasteiger partial charge in [0.05, 0.1) is 0 Å². The molecule has 0 aliphatic heterocycles. The van der Waals surface area contributed by atoms with Gasteiger partial charge in [0.2, 0.25) is 0 Å². The third-order valence-electron chi connectivity index (χ3n) is 3.78. The van der Waals surface area contributed by atoms with Gasteiger partial charge in [0.25, 0.3) is 0 Å². The fraction of sp³-hybridized carbons (Fsp3) is 0.625. The molecule has 1 nitrogen and oxygen atoms in total. The SMILES string of the molecule is CCC(C)(C)C(NC(C)C)c1cc(C)c(F)cc1F. The summed E-state index contributed by atoms with van der Waals surface area (Å²) in [5.74, 6) is -0.957. The van der Waals surface area contributed by atoms with Crippen LogP contribution in [0.5, 0.6) is 0 Å². The molecule has 0 radical (unpaired) electrons. The molecular formula is C16H25F2N. The van der Waals surface area contributed by atoms with E-state index in [0.29, 0.717) is 11.1 Å². The average molecular weight is 269 g/mol. The zero-order valence-corrected chi connectivity index (χ0v) is 12.8. The van der Waals surface area contributed by atoms with Crippen molar-refractivity contribution in [1.29, 1.82) is 0 Å². The van der Waals surface area contributed by atoms with E-state index < -0.39 is 11.6 Å². The molecule has 0 fully saturated rings. The fourth-order valence-electron chi connectivity index (χ4n) is 2.17. The van der Waals surface area contributed by atoms with Gasteiger partial charge in [0.15, 0.2) is 0 Å². The molecule has 0 amide bonds. The lowest BCUT2D eigenvalue weighted by atomic mass is 9.77. The second-order valence-corrected chi connectivity index (χ2v) is 6.22. The van der Waals surface area contributed by atoms with Crippen LogP contribution in [0.1, 0.15) is 58.2 Å². The Morgan fingerprint density at radius 2 is 1.74 bits per heavy atom. The molecule has 1 unspecified atom stereocenters. The van der Waals surface area contributed by atoms with Crippen molar-refractivity contribution in [2.75, 3.05) is 0 Å². The van der Waals surface area contributed by atoms with Crippen LogP contribution in [-0.4, -0.2) is 6.04 Å². The van der Waals surface area contributed by atoms with Crippen LogP contribution in [0.25, 0.3) is 0 Å². The summed E-state index contributed by atoms with van der Waals surface area (Å²) in [6, 6.07) is 2.73. The largest absolute Gasteiger partial charge is 0.307 e. The Balaban J connectivity index is 3.29. The van der Waals surface area contributed by atoms with Gasteiger partial charge in [-0.05, 0) is 30.4 Å². The smallest absolute Gasteiger partial charge is 0.130 e. The van der Waals surface area contributed by atoms with Gasteiger partial charge >= 0.3 is 0 Å². The molecule has 1 aromatic carbocycles. The van der Waals surface area contributed by atoms with Crippen molar-refractivity contribution >= 4 is 0 Å². The zero-order chi connectivity index (χ0) is 14.8. The number of hydrogen-bond donors (Lipinski definition) is 1. The Kier molecular flexibility index (Phi) is 5.08. The number of benzene rings is 1. The molecule has 0 saturated carbocycles. The summed E-state index contributed by atoms with van der Waals surface area (Å²) >= 11 is 0. The van der Waals surface area contributed by atoms with Crippen molar-refractivity contribution in [3.8, 4) is 0 Å². The van der Waals surface area contributed by atoms with Crippen molar-refractivity contribution in [3.63, 3.8) is 0 Å². The maximum Gasteiger partial charge on any atom is 0.130 e. The number of aryl methyl sites for hydroxylation is 1. The first-order valence-electron chi connectivity index (χ1n) is 6.90. The van der Waals surface area contributed by atoms with Gasteiger partial charge in [-0.25, -0.2) is 8.78 Å². The van der Waals surface area contributed by atoms with Crippen LogP contribution in [0.3, 0.4) is 0 Å². The summed E-state index contributed by atoms with van der Waals surface area (Å²) in [6.07, 6.45) is 0.910. The summed E-state index contributed by atoms with van der Waals surface area (Å²) in [6.45, 7) is 12.0. The standard InChI is InChI=1S/C16H25F2N/c1-7-16(5,6)15(19-10(2)3)12-8-11(4)13(17)9-14(12)18/h8-10,15,19H,7H2,1-6H3. The van der Waals surface area contributed by atoms with Crippen molar-refractivity contribution in [1.82, 2.24) is 5.32 Å². The van der Waals surface area contributed by atoms with Crippen LogP contribution in [0.15, 0.2) is 12.1 Å². The quantitative estimate of drug-likeness (QED) is 0.813. The number of rotatable bonds is 5. The van der Waals surface area contributed by atoms with Gasteiger partial charge in [-0.1, -0.05) is 34.6 Å². The Bertz CT molecular complexity index is 439. The minimum atomic E-state index is -0.487. The van der Waals surface area contributed by atoms with Crippen LogP contribution in [0, 0.1) is 24.0 Å². The summed E-state index contributed by atoms with van der Waals surface area (Å²) in [5.41, 5.74) is 0.938. The number of hydrogen-bond acceptors (Lipinski definition) is 1. The lowest BCUT2D eigenvalue weighted by Gasteiger charge is -2.36. The van der Waals surface area contributed by atoms with Crippen LogP contribution < -0.4 is 5.32 Å². The summed E-state index contributed by atoms with van der Waals surface area (Å²) < 4.78 is 27.5. The highest BCUT2D eigenvalue weighted by atomic mass is 19.1. The van der Waals surface area contributed by atoms with E-state index in [0.717, 1.165) is 12.5 Å². The molecule has 3 heteroatoms. The van der Waals surface area contributed by atoms with Crippen LogP contribution in [0.4, 0.5) is 8.78 Å². The highest BCUT2D eigenvalue weighted by molar-refractivity contribution is 5.29. The molecule has 1 atom stereocenters. The van der Waals surface area contributed by atoms with Crippen molar-refractivity contribution in [2.45, 2.75) is 60.0 Å². The lowest BCUT2D eigenvalue weighted by molar-refractivity contribution is 0.217. The summed E-state index contributed by atoms with van der Waals surface area (Å²) in [5, 5.41) is 3.41. The van der Waals surface area contributed by atoms with Crippen molar-refractivity contribution in [2.24, 2.45) is 5.41 Å². The molecule has 0 aliphatic rings. The van der Waals surface area contributed by atoms with Gasteiger partial charge < -0.3 is 5.32 Å². The summed E-state index contributed by atoms with van der Waals surface area (Å²) in [4.78, 5) is 0. The maximum absolute atomic E-state index is 14.1. The van der Waals surface area contributed by atoms with Gasteiger partial charge in [0.1, 0.15) is 11.6 Å². The molecule has 1 aromatic rings. The molecule has 0 bridgehead atoms. The Hall–Kier alpha value is -0.960. The van der Waals surface area contributed by atoms with E-state index in [2.05, 4.69) is 26.1 Å². The Labute approximate surface area is 115 Å². The average Bonchev–Trinajstić information content (AvgIpc) is 2.31. The van der Waals surface area contributed by atoms with Gasteiger partial charge in [-0.2, -0.15) is 0 Å². The van der Waals surface area contributed by atoms with Crippen LogP contribution in [0.2, 0.25) is 0 Å². The normalized spacial score (nSPS) is 13.9. The fourth-order valence-corrected chi connectivity index (χ4v) is 2.17. The number of halogens is 2. The molecule has 0 aliphatic carbocycles. The molecular weight excluding hydrogens is 244 g/mol. The molecule has 1 N–H and O–H groups in total. The van der Waals surface area contributed by atoms with E-state index >= 15 is 0 Å². The molecule has 0 spiro atoms. The monoisotopic (exact) mass is 269 g/mol. The predicted molar refractivity (Wildman–Crippen MR) is 76.2 cm³/mol. The highest BCUT2D eigenvalue weighted by Gasteiger charge is 2.31. The van der Waals surface area contributed by atoms with Crippen molar-refractivity contribution < 1.29 is 8.78 Å². The van der Waals surface area contributed by atoms with E-state index in [1.807, 2.05) is 13.8 Å². The third kappa shape index (κ3) is 3.75. The molecule has 1 rings (SSSR count). The first-order chi connectivity index (χ1) is 8.69. The van der Waals surface area contributed by atoms with E-state index in [1.54, 1.807) is 13.0 Å². The summed E-state index contributed by atoms with van der Waals surface area (Å²) in [7, 11) is 0. The van der Waals surface area contributed by atoms with E-state index in [-0.39, 0.29) is 17.5 Å². The van der Waals surface area contributed by atoms with Crippen LogP contribution in [-0.2, 0) is 0 Å². The first kappa shape index (κ1) is 16.1. The van der Waals surface area contributed by atoms with E-state index in [4.69, 9.17) is 0 Å². The minimum Gasteiger partial charge on any atom is -0.307 e. The highest BCUT2D eigenvalue weighted by Crippen LogP contribution is 2.38. The number of nitrogens with one attached hydrogen (secondary N) is 1. The molecule has 0 aromatic heterocycles. The van der Waals surface area contributed by atoms with Gasteiger partial charge in [0, 0.05) is 23.7 Å². The van der Waals surface area contributed by atoms with Gasteiger partial charge in [-0.15, -0.1) is 0 Å². The lowest BCUT2D eigenvalue weighted by Crippen LogP contribution is -2.38. The molecule has 108 valence electrons.